The number of halogens is 1. The van der Waals surface area contributed by atoms with E-state index in [0.717, 1.165) is 44.3 Å². The number of hydrogen-bond acceptors (Lipinski definition) is 4. The van der Waals surface area contributed by atoms with Crippen molar-refractivity contribution in [2.75, 3.05) is 70.3 Å². The van der Waals surface area contributed by atoms with Gasteiger partial charge < -0.3 is 10.2 Å². The summed E-state index contributed by atoms with van der Waals surface area (Å²) in [6.07, 6.45) is 0. The fraction of sp³-hybridized carbons (Fsp3) is 0.625. The smallest absolute Gasteiger partial charge is 0.0407 e. The Kier molecular flexibility index (Phi) is 5.36. The Morgan fingerprint density at radius 3 is 2.00 bits per heavy atom. The molecule has 2 aliphatic heterocycles. The third kappa shape index (κ3) is 4.33. The van der Waals surface area contributed by atoms with Crippen LogP contribution in [-0.2, 0) is 0 Å². The third-order valence-corrected chi connectivity index (χ3v) is 4.76. The van der Waals surface area contributed by atoms with Crippen molar-refractivity contribution in [2.45, 2.75) is 0 Å². The quantitative estimate of drug-likeness (QED) is 0.907. The Labute approximate surface area is 132 Å². The van der Waals surface area contributed by atoms with Crippen LogP contribution < -0.4 is 10.2 Å². The van der Waals surface area contributed by atoms with E-state index in [1.54, 1.807) is 0 Å². The lowest BCUT2D eigenvalue weighted by Gasteiger charge is -2.37. The second-order valence-electron chi connectivity index (χ2n) is 5.90. The molecule has 0 bridgehead atoms. The number of nitrogens with zero attached hydrogens (tertiary/aromatic N) is 3. The van der Waals surface area contributed by atoms with Gasteiger partial charge in [-0.1, -0.05) is 11.6 Å². The molecule has 2 fully saturated rings. The standard InChI is InChI=1S/C16H25ClN4/c17-15-1-3-16(4-2-15)21-13-11-20(12-14-21)10-9-19-7-5-18-6-8-19/h1-4,18H,5-14H2. The fourth-order valence-corrected chi connectivity index (χ4v) is 3.23. The molecule has 1 aromatic carbocycles. The predicted molar refractivity (Wildman–Crippen MR) is 89.4 cm³/mol. The summed E-state index contributed by atoms with van der Waals surface area (Å²) in [7, 11) is 0. The highest BCUT2D eigenvalue weighted by molar-refractivity contribution is 6.30. The number of rotatable bonds is 4. The first-order valence-electron chi connectivity index (χ1n) is 7.97. The molecule has 0 atom stereocenters. The van der Waals surface area contributed by atoms with Gasteiger partial charge in [0.05, 0.1) is 0 Å². The molecule has 5 heteroatoms. The monoisotopic (exact) mass is 308 g/mol. The zero-order chi connectivity index (χ0) is 14.5. The van der Waals surface area contributed by atoms with Crippen LogP contribution in [0, 0.1) is 0 Å². The van der Waals surface area contributed by atoms with E-state index >= 15 is 0 Å². The van der Waals surface area contributed by atoms with Crippen LogP contribution >= 0.6 is 11.6 Å². The SMILES string of the molecule is Clc1ccc(N2CCN(CCN3CCNCC3)CC2)cc1. The molecule has 1 aromatic rings. The first kappa shape index (κ1) is 15.1. The molecule has 21 heavy (non-hydrogen) atoms. The molecule has 0 aliphatic carbocycles. The van der Waals surface area contributed by atoms with Crippen molar-refractivity contribution >= 4 is 17.3 Å². The molecular formula is C16H25ClN4. The van der Waals surface area contributed by atoms with Crippen LogP contribution in [0.15, 0.2) is 24.3 Å². The highest BCUT2D eigenvalue weighted by atomic mass is 35.5. The van der Waals surface area contributed by atoms with Crippen molar-refractivity contribution in [3.05, 3.63) is 29.3 Å². The molecule has 0 saturated carbocycles. The van der Waals surface area contributed by atoms with Gasteiger partial charge in [0.25, 0.3) is 0 Å². The maximum absolute atomic E-state index is 5.95. The van der Waals surface area contributed by atoms with Crippen LogP contribution in [0.1, 0.15) is 0 Å². The van der Waals surface area contributed by atoms with Crippen LogP contribution in [0.25, 0.3) is 0 Å². The summed E-state index contributed by atoms with van der Waals surface area (Å²) in [4.78, 5) is 7.62. The first-order valence-corrected chi connectivity index (χ1v) is 8.35. The van der Waals surface area contributed by atoms with Gasteiger partial charge in [-0.15, -0.1) is 0 Å². The largest absolute Gasteiger partial charge is 0.369 e. The molecule has 4 nitrogen and oxygen atoms in total. The molecular weight excluding hydrogens is 284 g/mol. The van der Waals surface area contributed by atoms with Gasteiger partial charge in [0.15, 0.2) is 0 Å². The van der Waals surface area contributed by atoms with Gasteiger partial charge in [-0.2, -0.15) is 0 Å². The van der Waals surface area contributed by atoms with Gasteiger partial charge in [-0.25, -0.2) is 0 Å². The average molecular weight is 309 g/mol. The Morgan fingerprint density at radius 2 is 1.38 bits per heavy atom. The number of hydrogen-bond donors (Lipinski definition) is 1. The van der Waals surface area contributed by atoms with Gasteiger partial charge in [-0.3, -0.25) is 9.80 Å². The fourth-order valence-electron chi connectivity index (χ4n) is 3.10. The van der Waals surface area contributed by atoms with Gasteiger partial charge in [-0.05, 0) is 24.3 Å². The number of anilines is 1. The molecule has 116 valence electrons. The summed E-state index contributed by atoms with van der Waals surface area (Å²) in [5.74, 6) is 0. The second kappa shape index (κ2) is 7.45. The van der Waals surface area contributed by atoms with E-state index < -0.39 is 0 Å². The molecule has 2 aliphatic rings. The minimum Gasteiger partial charge on any atom is -0.369 e. The molecule has 0 amide bonds. The number of benzene rings is 1. The minimum atomic E-state index is 0.813. The summed E-state index contributed by atoms with van der Waals surface area (Å²) < 4.78 is 0. The minimum absolute atomic E-state index is 0.813. The highest BCUT2D eigenvalue weighted by Crippen LogP contribution is 2.19. The Bertz CT molecular complexity index is 422. The molecule has 0 unspecified atom stereocenters. The van der Waals surface area contributed by atoms with Gasteiger partial charge in [0.2, 0.25) is 0 Å². The van der Waals surface area contributed by atoms with Gasteiger partial charge in [0, 0.05) is 76.2 Å². The maximum Gasteiger partial charge on any atom is 0.0407 e. The van der Waals surface area contributed by atoms with Crippen molar-refractivity contribution < 1.29 is 0 Å². The van der Waals surface area contributed by atoms with E-state index in [2.05, 4.69) is 32.1 Å². The molecule has 0 spiro atoms. The molecule has 0 aromatic heterocycles. The average Bonchev–Trinajstić information content (AvgIpc) is 2.55. The Hall–Kier alpha value is -0.810. The van der Waals surface area contributed by atoms with Crippen LogP contribution in [-0.4, -0.2) is 75.2 Å². The molecule has 3 rings (SSSR count). The third-order valence-electron chi connectivity index (χ3n) is 4.51. The predicted octanol–water partition coefficient (Wildman–Crippen LogP) is 1.37. The van der Waals surface area contributed by atoms with Gasteiger partial charge >= 0.3 is 0 Å². The van der Waals surface area contributed by atoms with Crippen molar-refractivity contribution in [1.29, 1.82) is 0 Å². The van der Waals surface area contributed by atoms with E-state index in [1.165, 1.54) is 31.9 Å². The van der Waals surface area contributed by atoms with Crippen LogP contribution in [0.3, 0.4) is 0 Å². The summed E-state index contributed by atoms with van der Waals surface area (Å²) in [6.45, 7) is 11.6. The highest BCUT2D eigenvalue weighted by Gasteiger charge is 2.18. The van der Waals surface area contributed by atoms with E-state index in [9.17, 15) is 0 Å². The topological polar surface area (TPSA) is 21.8 Å². The molecule has 2 heterocycles. The lowest BCUT2D eigenvalue weighted by atomic mass is 10.2. The first-order chi connectivity index (χ1) is 10.3. The number of piperazine rings is 2. The normalized spacial score (nSPS) is 21.7. The summed E-state index contributed by atoms with van der Waals surface area (Å²) >= 11 is 5.95. The van der Waals surface area contributed by atoms with Crippen molar-refractivity contribution in [3.8, 4) is 0 Å². The Balaban J connectivity index is 1.41. The van der Waals surface area contributed by atoms with Crippen LogP contribution in [0.4, 0.5) is 5.69 Å². The van der Waals surface area contributed by atoms with Crippen molar-refractivity contribution in [2.24, 2.45) is 0 Å². The zero-order valence-electron chi connectivity index (χ0n) is 12.6. The van der Waals surface area contributed by atoms with Crippen LogP contribution in [0.5, 0.6) is 0 Å². The summed E-state index contributed by atoms with van der Waals surface area (Å²) in [6, 6.07) is 8.21. The van der Waals surface area contributed by atoms with E-state index in [4.69, 9.17) is 11.6 Å². The van der Waals surface area contributed by atoms with E-state index in [-0.39, 0.29) is 0 Å². The maximum atomic E-state index is 5.95. The second-order valence-corrected chi connectivity index (χ2v) is 6.33. The van der Waals surface area contributed by atoms with Crippen molar-refractivity contribution in [3.63, 3.8) is 0 Å². The van der Waals surface area contributed by atoms with Crippen molar-refractivity contribution in [1.82, 2.24) is 15.1 Å². The van der Waals surface area contributed by atoms with E-state index in [1.807, 2.05) is 12.1 Å². The lowest BCUT2D eigenvalue weighted by Crippen LogP contribution is -2.50. The van der Waals surface area contributed by atoms with E-state index in [0.29, 0.717) is 0 Å². The summed E-state index contributed by atoms with van der Waals surface area (Å²) in [5.41, 5.74) is 1.29. The molecule has 2 saturated heterocycles. The summed E-state index contributed by atoms with van der Waals surface area (Å²) in [5, 5.41) is 4.22. The molecule has 1 N–H and O–H groups in total. The van der Waals surface area contributed by atoms with Gasteiger partial charge in [0.1, 0.15) is 0 Å². The number of nitrogens with one attached hydrogen (secondary N) is 1. The lowest BCUT2D eigenvalue weighted by molar-refractivity contribution is 0.183. The zero-order valence-corrected chi connectivity index (χ0v) is 13.4. The molecule has 0 radical (unpaired) electrons. The van der Waals surface area contributed by atoms with Crippen LogP contribution in [0.2, 0.25) is 5.02 Å². The Morgan fingerprint density at radius 1 is 0.810 bits per heavy atom.